The van der Waals surface area contributed by atoms with E-state index < -0.39 is 0 Å². The van der Waals surface area contributed by atoms with Crippen LogP contribution in [0.3, 0.4) is 0 Å². The van der Waals surface area contributed by atoms with E-state index in [1.54, 1.807) is 0 Å². The van der Waals surface area contributed by atoms with Crippen molar-refractivity contribution >= 4 is 11.0 Å². The van der Waals surface area contributed by atoms with Gasteiger partial charge >= 0.3 is 0 Å². The molecule has 0 aliphatic carbocycles. The molecule has 1 aromatic heterocycles. The van der Waals surface area contributed by atoms with Crippen molar-refractivity contribution in [1.82, 2.24) is 9.97 Å². The zero-order chi connectivity index (χ0) is 12.4. The lowest BCUT2D eigenvalue weighted by molar-refractivity contribution is 0.262. The quantitative estimate of drug-likeness (QED) is 0.850. The minimum atomic E-state index is 0.202. The maximum Gasteiger partial charge on any atom is 0.109 e. The summed E-state index contributed by atoms with van der Waals surface area (Å²) >= 11 is 0. The Morgan fingerprint density at radius 2 is 2.12 bits per heavy atom. The molecule has 1 unspecified atom stereocenters. The number of aliphatic hydroxyl groups is 1. The summed E-state index contributed by atoms with van der Waals surface area (Å²) in [7, 11) is 0. The van der Waals surface area contributed by atoms with Crippen LogP contribution in [0.25, 0.3) is 11.0 Å². The molecule has 1 heterocycles. The molecule has 3 heteroatoms. The van der Waals surface area contributed by atoms with Crippen molar-refractivity contribution < 1.29 is 5.11 Å². The Morgan fingerprint density at radius 3 is 2.71 bits per heavy atom. The van der Waals surface area contributed by atoms with Gasteiger partial charge in [-0.3, -0.25) is 0 Å². The average molecular weight is 232 g/mol. The molecular formula is C14H20N2O. The van der Waals surface area contributed by atoms with E-state index in [0.717, 1.165) is 23.3 Å². The van der Waals surface area contributed by atoms with Gasteiger partial charge in [-0.05, 0) is 24.1 Å². The Bertz CT molecular complexity index is 498. The Labute approximate surface area is 102 Å². The van der Waals surface area contributed by atoms with E-state index >= 15 is 0 Å². The number of aromatic nitrogens is 2. The molecule has 2 aromatic rings. The van der Waals surface area contributed by atoms with Crippen molar-refractivity contribution in [2.45, 2.75) is 39.0 Å². The minimum Gasteiger partial charge on any atom is -0.396 e. The number of nitrogens with zero attached hydrogens (tertiary/aromatic N) is 1. The molecule has 2 N–H and O–H groups in total. The fourth-order valence-corrected chi connectivity index (χ4v) is 2.04. The molecule has 0 fully saturated rings. The fourth-order valence-electron chi connectivity index (χ4n) is 2.04. The lowest BCUT2D eigenvalue weighted by Gasteiger charge is -2.11. The second-order valence-electron chi connectivity index (χ2n) is 4.84. The normalized spacial score (nSPS) is 13.5. The van der Waals surface area contributed by atoms with Gasteiger partial charge in [-0.1, -0.05) is 26.8 Å². The predicted molar refractivity (Wildman–Crippen MR) is 70.3 cm³/mol. The number of nitrogens with one attached hydrogen (secondary N) is 1. The van der Waals surface area contributed by atoms with Crippen LogP contribution >= 0.6 is 0 Å². The topological polar surface area (TPSA) is 48.9 Å². The third-order valence-electron chi connectivity index (χ3n) is 3.26. The number of aromatic amines is 1. The summed E-state index contributed by atoms with van der Waals surface area (Å²) in [5.74, 6) is 1.66. The van der Waals surface area contributed by atoms with Crippen LogP contribution in [0.15, 0.2) is 18.2 Å². The van der Waals surface area contributed by atoms with E-state index in [0.29, 0.717) is 5.92 Å². The summed E-state index contributed by atoms with van der Waals surface area (Å²) in [5.41, 5.74) is 3.25. The lowest BCUT2D eigenvalue weighted by Crippen LogP contribution is -2.02. The zero-order valence-electron chi connectivity index (χ0n) is 10.7. The number of rotatable bonds is 4. The molecule has 17 heavy (non-hydrogen) atoms. The van der Waals surface area contributed by atoms with Gasteiger partial charge in [0.2, 0.25) is 0 Å². The Kier molecular flexibility index (Phi) is 3.48. The summed E-state index contributed by atoms with van der Waals surface area (Å²) in [5, 5.41) is 9.32. The van der Waals surface area contributed by atoms with Crippen molar-refractivity contribution in [3.05, 3.63) is 29.6 Å². The molecule has 0 saturated carbocycles. The first-order valence-corrected chi connectivity index (χ1v) is 6.26. The van der Waals surface area contributed by atoms with Gasteiger partial charge in [0.15, 0.2) is 0 Å². The maximum absolute atomic E-state index is 9.32. The highest BCUT2D eigenvalue weighted by molar-refractivity contribution is 5.76. The number of fused-ring (bicyclic) bond motifs is 1. The van der Waals surface area contributed by atoms with Crippen molar-refractivity contribution in [3.8, 4) is 0 Å². The SMILES string of the molecule is CCC(CO)c1ccc2nc(C(C)C)[nH]c2c1. The number of imidazole rings is 1. The highest BCUT2D eigenvalue weighted by atomic mass is 16.3. The lowest BCUT2D eigenvalue weighted by atomic mass is 9.97. The first-order valence-electron chi connectivity index (χ1n) is 6.26. The molecule has 0 amide bonds. The number of hydrogen-bond acceptors (Lipinski definition) is 2. The van der Waals surface area contributed by atoms with Crippen LogP contribution in [0.2, 0.25) is 0 Å². The first kappa shape index (κ1) is 12.1. The maximum atomic E-state index is 9.32. The number of hydrogen-bond donors (Lipinski definition) is 2. The van der Waals surface area contributed by atoms with Crippen LogP contribution in [0.5, 0.6) is 0 Å². The molecule has 92 valence electrons. The van der Waals surface area contributed by atoms with E-state index in [9.17, 15) is 5.11 Å². The second kappa shape index (κ2) is 4.88. The van der Waals surface area contributed by atoms with Gasteiger partial charge in [0.1, 0.15) is 5.82 Å². The number of aliphatic hydroxyl groups excluding tert-OH is 1. The molecule has 0 bridgehead atoms. The third kappa shape index (κ3) is 2.34. The van der Waals surface area contributed by atoms with Crippen LogP contribution in [0.4, 0.5) is 0 Å². The molecule has 0 aliphatic rings. The Morgan fingerprint density at radius 1 is 1.35 bits per heavy atom. The average Bonchev–Trinajstić information content (AvgIpc) is 2.74. The van der Waals surface area contributed by atoms with Gasteiger partial charge in [0, 0.05) is 18.4 Å². The van der Waals surface area contributed by atoms with E-state index in [1.807, 2.05) is 6.07 Å². The first-order chi connectivity index (χ1) is 8.15. The number of benzene rings is 1. The van der Waals surface area contributed by atoms with Crippen molar-refractivity contribution in [1.29, 1.82) is 0 Å². The van der Waals surface area contributed by atoms with Gasteiger partial charge < -0.3 is 10.1 Å². The van der Waals surface area contributed by atoms with Gasteiger partial charge in [-0.15, -0.1) is 0 Å². The van der Waals surface area contributed by atoms with Gasteiger partial charge in [0.25, 0.3) is 0 Å². The molecule has 1 atom stereocenters. The molecule has 0 aliphatic heterocycles. The third-order valence-corrected chi connectivity index (χ3v) is 3.26. The summed E-state index contributed by atoms with van der Waals surface area (Å²) in [6, 6.07) is 6.21. The summed E-state index contributed by atoms with van der Waals surface area (Å²) in [6.45, 7) is 6.55. The summed E-state index contributed by atoms with van der Waals surface area (Å²) < 4.78 is 0. The van der Waals surface area contributed by atoms with Crippen LogP contribution in [0, 0.1) is 0 Å². The van der Waals surface area contributed by atoms with E-state index in [2.05, 4.69) is 42.9 Å². The van der Waals surface area contributed by atoms with E-state index in [4.69, 9.17) is 0 Å². The van der Waals surface area contributed by atoms with Gasteiger partial charge in [-0.2, -0.15) is 0 Å². The van der Waals surface area contributed by atoms with Crippen LogP contribution in [-0.4, -0.2) is 21.7 Å². The molecule has 1 aromatic carbocycles. The molecular weight excluding hydrogens is 212 g/mol. The van der Waals surface area contributed by atoms with E-state index in [1.165, 1.54) is 5.56 Å². The van der Waals surface area contributed by atoms with Crippen molar-refractivity contribution in [2.75, 3.05) is 6.61 Å². The predicted octanol–water partition coefficient (Wildman–Crippen LogP) is 3.17. The van der Waals surface area contributed by atoms with E-state index in [-0.39, 0.29) is 12.5 Å². The van der Waals surface area contributed by atoms with Crippen molar-refractivity contribution in [3.63, 3.8) is 0 Å². The molecule has 2 rings (SSSR count). The summed E-state index contributed by atoms with van der Waals surface area (Å²) in [6.07, 6.45) is 0.952. The molecule has 0 spiro atoms. The minimum absolute atomic E-state index is 0.202. The summed E-state index contributed by atoms with van der Waals surface area (Å²) in [4.78, 5) is 7.89. The van der Waals surface area contributed by atoms with Crippen LogP contribution < -0.4 is 0 Å². The highest BCUT2D eigenvalue weighted by Gasteiger charge is 2.11. The fraction of sp³-hybridized carbons (Fsp3) is 0.500. The zero-order valence-corrected chi connectivity index (χ0v) is 10.7. The van der Waals surface area contributed by atoms with Gasteiger partial charge in [-0.25, -0.2) is 4.98 Å². The Balaban J connectivity index is 2.42. The Hall–Kier alpha value is -1.35. The van der Waals surface area contributed by atoms with Crippen molar-refractivity contribution in [2.24, 2.45) is 0 Å². The standard InChI is InChI=1S/C14H20N2O/c1-4-10(8-17)11-5-6-12-13(7-11)16-14(15-12)9(2)3/h5-7,9-10,17H,4,8H2,1-3H3,(H,15,16). The largest absolute Gasteiger partial charge is 0.396 e. The second-order valence-corrected chi connectivity index (χ2v) is 4.84. The van der Waals surface area contributed by atoms with Gasteiger partial charge in [0.05, 0.1) is 11.0 Å². The smallest absolute Gasteiger partial charge is 0.109 e. The molecule has 0 saturated heterocycles. The number of H-pyrrole nitrogens is 1. The molecule has 0 radical (unpaired) electrons. The van der Waals surface area contributed by atoms with Crippen LogP contribution in [-0.2, 0) is 0 Å². The highest BCUT2D eigenvalue weighted by Crippen LogP contribution is 2.24. The molecule has 3 nitrogen and oxygen atoms in total. The van der Waals surface area contributed by atoms with Crippen LogP contribution in [0.1, 0.15) is 50.4 Å². The monoisotopic (exact) mass is 232 g/mol.